The molecule has 21 heavy (non-hydrogen) atoms. The minimum Gasteiger partial charge on any atom is -0.497 e. The van der Waals surface area contributed by atoms with Crippen LogP contribution in [-0.2, 0) is 16.1 Å². The molecule has 1 aliphatic carbocycles. The van der Waals surface area contributed by atoms with E-state index in [9.17, 15) is 14.7 Å². The molecule has 1 aromatic carbocycles. The van der Waals surface area contributed by atoms with Gasteiger partial charge in [-0.1, -0.05) is 25.0 Å². The highest BCUT2D eigenvalue weighted by atomic mass is 16.5. The van der Waals surface area contributed by atoms with Crippen LogP contribution in [0.5, 0.6) is 5.75 Å². The Labute approximate surface area is 124 Å². The topological polar surface area (TPSA) is 75.6 Å². The van der Waals surface area contributed by atoms with E-state index in [2.05, 4.69) is 5.32 Å². The number of ether oxygens (including phenoxy) is 1. The van der Waals surface area contributed by atoms with Crippen LogP contribution in [0, 0.1) is 11.8 Å². The Kier molecular flexibility index (Phi) is 5.20. The van der Waals surface area contributed by atoms with Crippen LogP contribution >= 0.6 is 0 Å². The number of rotatable bonds is 5. The first kappa shape index (κ1) is 15.4. The molecule has 2 N–H and O–H groups in total. The summed E-state index contributed by atoms with van der Waals surface area (Å²) < 4.78 is 5.08. The largest absolute Gasteiger partial charge is 0.497 e. The summed E-state index contributed by atoms with van der Waals surface area (Å²) in [4.78, 5) is 23.4. The molecule has 0 radical (unpaired) electrons. The van der Waals surface area contributed by atoms with Crippen LogP contribution in [0.4, 0.5) is 0 Å². The van der Waals surface area contributed by atoms with Crippen LogP contribution < -0.4 is 10.1 Å². The monoisotopic (exact) mass is 291 g/mol. The molecule has 0 saturated heterocycles. The Balaban J connectivity index is 1.91. The smallest absolute Gasteiger partial charge is 0.307 e. The molecular weight excluding hydrogens is 270 g/mol. The number of nitrogens with one attached hydrogen (secondary N) is 1. The molecule has 1 aliphatic rings. The quantitative estimate of drug-likeness (QED) is 0.872. The van der Waals surface area contributed by atoms with E-state index in [1.54, 1.807) is 7.11 Å². The van der Waals surface area contributed by atoms with E-state index in [1.807, 2.05) is 24.3 Å². The third-order valence-electron chi connectivity index (χ3n) is 4.05. The van der Waals surface area contributed by atoms with Crippen molar-refractivity contribution < 1.29 is 19.4 Å². The zero-order valence-corrected chi connectivity index (χ0v) is 12.2. The second-order valence-corrected chi connectivity index (χ2v) is 5.40. The van der Waals surface area contributed by atoms with Crippen LogP contribution in [-0.4, -0.2) is 24.1 Å². The lowest BCUT2D eigenvalue weighted by molar-refractivity contribution is -0.148. The zero-order valence-electron chi connectivity index (χ0n) is 12.2. The molecule has 114 valence electrons. The van der Waals surface area contributed by atoms with Gasteiger partial charge in [0.25, 0.3) is 0 Å². The Hall–Kier alpha value is -2.04. The summed E-state index contributed by atoms with van der Waals surface area (Å²) in [6.07, 6.45) is 3.06. The van der Waals surface area contributed by atoms with Gasteiger partial charge in [0.1, 0.15) is 5.75 Å². The first-order valence-electron chi connectivity index (χ1n) is 7.25. The summed E-state index contributed by atoms with van der Waals surface area (Å²) in [7, 11) is 1.60. The fourth-order valence-corrected chi connectivity index (χ4v) is 2.80. The second-order valence-electron chi connectivity index (χ2n) is 5.40. The Morgan fingerprint density at radius 1 is 1.19 bits per heavy atom. The third-order valence-corrected chi connectivity index (χ3v) is 4.05. The van der Waals surface area contributed by atoms with E-state index in [1.165, 1.54) is 0 Å². The van der Waals surface area contributed by atoms with Crippen molar-refractivity contribution >= 4 is 11.9 Å². The second kappa shape index (κ2) is 7.11. The summed E-state index contributed by atoms with van der Waals surface area (Å²) in [5, 5.41) is 12.1. The van der Waals surface area contributed by atoms with E-state index in [0.29, 0.717) is 19.4 Å². The number of hydrogen-bond acceptors (Lipinski definition) is 3. The van der Waals surface area contributed by atoms with Gasteiger partial charge in [-0.25, -0.2) is 0 Å². The fourth-order valence-electron chi connectivity index (χ4n) is 2.80. The molecule has 1 amide bonds. The number of hydrogen-bond donors (Lipinski definition) is 2. The number of aliphatic carboxylic acids is 1. The van der Waals surface area contributed by atoms with Crippen molar-refractivity contribution in [3.63, 3.8) is 0 Å². The highest BCUT2D eigenvalue weighted by Crippen LogP contribution is 2.30. The first-order chi connectivity index (χ1) is 10.1. The highest BCUT2D eigenvalue weighted by Gasteiger charge is 2.35. The van der Waals surface area contributed by atoms with Crippen molar-refractivity contribution in [1.29, 1.82) is 0 Å². The summed E-state index contributed by atoms with van der Waals surface area (Å²) >= 11 is 0. The van der Waals surface area contributed by atoms with E-state index in [4.69, 9.17) is 4.74 Å². The van der Waals surface area contributed by atoms with Gasteiger partial charge in [0.15, 0.2) is 0 Å². The van der Waals surface area contributed by atoms with Crippen molar-refractivity contribution in [2.24, 2.45) is 11.8 Å². The third kappa shape index (κ3) is 3.97. The fraction of sp³-hybridized carbons (Fsp3) is 0.500. The van der Waals surface area contributed by atoms with Gasteiger partial charge in [0.05, 0.1) is 18.9 Å². The number of carbonyl (C=O) groups is 2. The van der Waals surface area contributed by atoms with Crippen LogP contribution in [0.1, 0.15) is 31.2 Å². The Morgan fingerprint density at radius 2 is 1.81 bits per heavy atom. The van der Waals surface area contributed by atoms with Gasteiger partial charge in [0, 0.05) is 6.54 Å². The standard InChI is InChI=1S/C16H21NO4/c1-21-12-8-6-11(7-9-12)10-17-15(18)13-4-2-3-5-14(13)16(19)20/h6-9,13-14H,2-5,10H2,1H3,(H,17,18)(H,19,20). The molecule has 2 unspecified atom stereocenters. The van der Waals surface area contributed by atoms with E-state index in [0.717, 1.165) is 24.2 Å². The number of methoxy groups -OCH3 is 1. The van der Waals surface area contributed by atoms with Crippen LogP contribution in [0.3, 0.4) is 0 Å². The molecule has 1 saturated carbocycles. The van der Waals surface area contributed by atoms with Gasteiger partial charge < -0.3 is 15.2 Å². The molecule has 5 nitrogen and oxygen atoms in total. The maximum absolute atomic E-state index is 12.2. The van der Waals surface area contributed by atoms with Crippen molar-refractivity contribution in [3.05, 3.63) is 29.8 Å². The lowest BCUT2D eigenvalue weighted by atomic mass is 9.78. The molecule has 0 bridgehead atoms. The highest BCUT2D eigenvalue weighted by molar-refractivity contribution is 5.84. The van der Waals surface area contributed by atoms with Crippen molar-refractivity contribution in [3.8, 4) is 5.75 Å². The molecule has 1 fully saturated rings. The van der Waals surface area contributed by atoms with E-state index in [-0.39, 0.29) is 5.91 Å². The van der Waals surface area contributed by atoms with Gasteiger partial charge in [0.2, 0.25) is 5.91 Å². The van der Waals surface area contributed by atoms with Gasteiger partial charge in [-0.2, -0.15) is 0 Å². The predicted octanol–water partition coefficient (Wildman–Crippen LogP) is 2.20. The molecule has 0 heterocycles. The van der Waals surface area contributed by atoms with Crippen LogP contribution in [0.25, 0.3) is 0 Å². The van der Waals surface area contributed by atoms with Crippen molar-refractivity contribution in [2.75, 3.05) is 7.11 Å². The summed E-state index contributed by atoms with van der Waals surface area (Å²) in [5.74, 6) is -1.20. The summed E-state index contributed by atoms with van der Waals surface area (Å²) in [6, 6.07) is 7.44. The van der Waals surface area contributed by atoms with Crippen LogP contribution in [0.2, 0.25) is 0 Å². The van der Waals surface area contributed by atoms with E-state index < -0.39 is 17.8 Å². The van der Waals surface area contributed by atoms with Gasteiger partial charge in [-0.05, 0) is 30.5 Å². The van der Waals surface area contributed by atoms with Crippen LogP contribution in [0.15, 0.2) is 24.3 Å². The number of carboxylic acid groups (broad SMARTS) is 1. The maximum Gasteiger partial charge on any atom is 0.307 e. The molecular formula is C16H21NO4. The predicted molar refractivity (Wildman–Crippen MR) is 77.9 cm³/mol. The van der Waals surface area contributed by atoms with Crippen molar-refractivity contribution in [2.45, 2.75) is 32.2 Å². The molecule has 5 heteroatoms. The normalized spacial score (nSPS) is 21.6. The first-order valence-corrected chi connectivity index (χ1v) is 7.25. The molecule has 0 spiro atoms. The average molecular weight is 291 g/mol. The number of carboxylic acids is 1. The summed E-state index contributed by atoms with van der Waals surface area (Å²) in [6.45, 7) is 0.408. The van der Waals surface area contributed by atoms with Gasteiger partial charge in [-0.15, -0.1) is 0 Å². The average Bonchev–Trinajstić information content (AvgIpc) is 2.53. The maximum atomic E-state index is 12.2. The Bertz CT molecular complexity index is 498. The number of carbonyl (C=O) groups excluding carboxylic acids is 1. The number of benzene rings is 1. The molecule has 0 aromatic heterocycles. The van der Waals surface area contributed by atoms with Crippen molar-refractivity contribution in [1.82, 2.24) is 5.32 Å². The van der Waals surface area contributed by atoms with E-state index >= 15 is 0 Å². The molecule has 2 atom stereocenters. The Morgan fingerprint density at radius 3 is 2.38 bits per heavy atom. The minimum absolute atomic E-state index is 0.155. The van der Waals surface area contributed by atoms with Gasteiger partial charge >= 0.3 is 5.97 Å². The zero-order chi connectivity index (χ0) is 15.2. The molecule has 1 aromatic rings. The lowest BCUT2D eigenvalue weighted by Gasteiger charge is -2.27. The molecule has 2 rings (SSSR count). The minimum atomic E-state index is -0.862. The summed E-state index contributed by atoms with van der Waals surface area (Å²) in [5.41, 5.74) is 0.965. The lowest BCUT2D eigenvalue weighted by Crippen LogP contribution is -2.39. The molecule has 0 aliphatic heterocycles. The van der Waals surface area contributed by atoms with Gasteiger partial charge in [-0.3, -0.25) is 9.59 Å². The number of amides is 1. The SMILES string of the molecule is COc1ccc(CNC(=O)C2CCCCC2C(=O)O)cc1.